The van der Waals surface area contributed by atoms with Crippen LogP contribution in [-0.4, -0.2) is 15.2 Å². The largest absolute Gasteiger partial charge is 0.325 e. The van der Waals surface area contributed by atoms with Crippen LogP contribution in [-0.2, 0) is 4.79 Å². The molecule has 1 aromatic rings. The molecule has 0 aliphatic rings. The number of rotatable bonds is 3. The minimum Gasteiger partial charge on any atom is -0.325 e. The molecular weight excluding hydrogens is 295 g/mol. The van der Waals surface area contributed by atoms with Crippen LogP contribution in [0.1, 0.15) is 13.8 Å². The molecule has 0 bridgehead atoms. The highest BCUT2D eigenvalue weighted by Crippen LogP contribution is 2.24. The average Bonchev–Trinajstić information content (AvgIpc) is 2.19. The predicted octanol–water partition coefficient (Wildman–Crippen LogP) is 2.85. The van der Waals surface area contributed by atoms with E-state index in [0.29, 0.717) is 0 Å². The molecule has 0 fully saturated rings. The molecule has 0 atom stereocenters. The molecule has 5 nitrogen and oxygen atoms in total. The van der Waals surface area contributed by atoms with Gasteiger partial charge in [0, 0.05) is 11.8 Å². The molecule has 0 saturated heterocycles. The monoisotopic (exact) mass is 304 g/mol. The zero-order chi connectivity index (χ0) is 13.2. The summed E-state index contributed by atoms with van der Waals surface area (Å²) >= 11 is 3.14. The van der Waals surface area contributed by atoms with Crippen molar-refractivity contribution in [3.8, 4) is 0 Å². The Hall–Kier alpha value is -1.50. The fourth-order valence-electron chi connectivity index (χ4n) is 1.01. The zero-order valence-corrected chi connectivity index (χ0v) is 10.7. The van der Waals surface area contributed by atoms with Crippen LogP contribution in [0.3, 0.4) is 0 Å². The van der Waals surface area contributed by atoms with Gasteiger partial charge in [-0.15, -0.1) is 0 Å². The molecule has 0 radical (unpaired) electrons. The standard InChI is InChI=1S/C10H10BrFN2O3/c1-10(2,11)9(15)13-6-3-4-7(12)8(5-6)14(16)17/h3-5H,1-2H3,(H,13,15). The third-order valence-corrected chi connectivity index (χ3v) is 2.30. The number of alkyl halides is 1. The third kappa shape index (κ3) is 3.48. The Balaban J connectivity index is 2.98. The molecule has 1 aromatic carbocycles. The van der Waals surface area contributed by atoms with Gasteiger partial charge in [0.1, 0.15) is 0 Å². The second-order valence-electron chi connectivity index (χ2n) is 3.85. The van der Waals surface area contributed by atoms with Crippen molar-refractivity contribution in [2.24, 2.45) is 0 Å². The molecule has 92 valence electrons. The van der Waals surface area contributed by atoms with E-state index < -0.39 is 20.8 Å². The summed E-state index contributed by atoms with van der Waals surface area (Å²) in [5.74, 6) is -1.32. The molecule has 0 aromatic heterocycles. The van der Waals surface area contributed by atoms with Gasteiger partial charge in [-0.3, -0.25) is 14.9 Å². The first-order valence-electron chi connectivity index (χ1n) is 4.66. The van der Waals surface area contributed by atoms with Gasteiger partial charge in [0.05, 0.1) is 9.25 Å². The lowest BCUT2D eigenvalue weighted by Crippen LogP contribution is -2.30. The van der Waals surface area contributed by atoms with Crippen LogP contribution in [0.2, 0.25) is 0 Å². The molecule has 0 aliphatic heterocycles. The van der Waals surface area contributed by atoms with Crippen LogP contribution in [0, 0.1) is 15.9 Å². The number of carbonyl (C=O) groups excluding carboxylic acids is 1. The van der Waals surface area contributed by atoms with Crippen molar-refractivity contribution < 1.29 is 14.1 Å². The van der Waals surface area contributed by atoms with Crippen molar-refractivity contribution in [3.63, 3.8) is 0 Å². The zero-order valence-electron chi connectivity index (χ0n) is 9.16. The van der Waals surface area contributed by atoms with Crippen LogP contribution in [0.5, 0.6) is 0 Å². The molecule has 1 rings (SSSR count). The lowest BCUT2D eigenvalue weighted by Gasteiger charge is -2.15. The van der Waals surface area contributed by atoms with Gasteiger partial charge in [-0.05, 0) is 26.0 Å². The number of anilines is 1. The van der Waals surface area contributed by atoms with E-state index >= 15 is 0 Å². The summed E-state index contributed by atoms with van der Waals surface area (Å²) in [4.78, 5) is 21.2. The molecule has 17 heavy (non-hydrogen) atoms. The van der Waals surface area contributed by atoms with E-state index in [0.717, 1.165) is 12.1 Å². The lowest BCUT2D eigenvalue weighted by molar-refractivity contribution is -0.387. The fourth-order valence-corrected chi connectivity index (χ4v) is 1.11. The highest BCUT2D eigenvalue weighted by molar-refractivity contribution is 9.10. The van der Waals surface area contributed by atoms with Crippen molar-refractivity contribution in [1.82, 2.24) is 0 Å². The summed E-state index contributed by atoms with van der Waals surface area (Å²) in [5, 5.41) is 12.9. The molecular formula is C10H10BrFN2O3. The summed E-state index contributed by atoms with van der Waals surface area (Å²) in [6, 6.07) is 3.18. The van der Waals surface area contributed by atoms with Gasteiger partial charge in [0.25, 0.3) is 0 Å². The predicted molar refractivity (Wildman–Crippen MR) is 64.7 cm³/mol. The Kier molecular flexibility index (Phi) is 3.82. The minimum absolute atomic E-state index is 0.177. The summed E-state index contributed by atoms with van der Waals surface area (Å²) < 4.78 is 12.2. The normalized spacial score (nSPS) is 11.1. The first-order chi connectivity index (χ1) is 7.71. The number of nitrogens with zero attached hydrogens (tertiary/aromatic N) is 1. The quantitative estimate of drug-likeness (QED) is 0.530. The van der Waals surface area contributed by atoms with E-state index in [1.807, 2.05) is 0 Å². The second kappa shape index (κ2) is 4.79. The second-order valence-corrected chi connectivity index (χ2v) is 5.83. The van der Waals surface area contributed by atoms with Crippen molar-refractivity contribution in [2.45, 2.75) is 18.2 Å². The number of hydrogen-bond donors (Lipinski definition) is 1. The van der Waals surface area contributed by atoms with Gasteiger partial charge < -0.3 is 5.32 Å². The molecule has 7 heteroatoms. The number of halogens is 2. The number of nitro benzene ring substituents is 1. The van der Waals surface area contributed by atoms with Crippen LogP contribution < -0.4 is 5.32 Å². The molecule has 0 unspecified atom stereocenters. The summed E-state index contributed by atoms with van der Waals surface area (Å²) in [7, 11) is 0. The Labute approximate surface area is 105 Å². The van der Waals surface area contributed by atoms with Crippen LogP contribution in [0.4, 0.5) is 15.8 Å². The van der Waals surface area contributed by atoms with Crippen LogP contribution >= 0.6 is 15.9 Å². The van der Waals surface area contributed by atoms with Gasteiger partial charge in [0.15, 0.2) is 0 Å². The van der Waals surface area contributed by atoms with Crippen LogP contribution in [0.15, 0.2) is 18.2 Å². The van der Waals surface area contributed by atoms with Gasteiger partial charge in [-0.2, -0.15) is 4.39 Å². The number of amides is 1. The summed E-state index contributed by atoms with van der Waals surface area (Å²) in [6.45, 7) is 3.25. The molecule has 1 N–H and O–H groups in total. The third-order valence-electron chi connectivity index (χ3n) is 1.94. The molecule has 1 amide bonds. The average molecular weight is 305 g/mol. The smallest absolute Gasteiger partial charge is 0.306 e. The number of nitro groups is 1. The minimum atomic E-state index is -0.939. The van der Waals surface area contributed by atoms with E-state index in [1.165, 1.54) is 6.07 Å². The first kappa shape index (κ1) is 13.6. The summed E-state index contributed by atoms with van der Waals surface area (Å²) in [5.41, 5.74) is -0.495. The lowest BCUT2D eigenvalue weighted by atomic mass is 10.2. The van der Waals surface area contributed by atoms with E-state index in [9.17, 15) is 19.3 Å². The van der Waals surface area contributed by atoms with Crippen molar-refractivity contribution in [3.05, 3.63) is 34.1 Å². The Morgan fingerprint density at radius 2 is 2.12 bits per heavy atom. The van der Waals surface area contributed by atoms with E-state index in [4.69, 9.17) is 0 Å². The Morgan fingerprint density at radius 1 is 1.53 bits per heavy atom. The van der Waals surface area contributed by atoms with Gasteiger partial charge in [-0.25, -0.2) is 0 Å². The highest BCUT2D eigenvalue weighted by atomic mass is 79.9. The SMILES string of the molecule is CC(C)(Br)C(=O)Nc1ccc(F)c([N+](=O)[O-])c1. The number of hydrogen-bond acceptors (Lipinski definition) is 3. The van der Waals surface area contributed by atoms with Gasteiger partial charge in [-0.1, -0.05) is 15.9 Å². The fraction of sp³-hybridized carbons (Fsp3) is 0.300. The van der Waals surface area contributed by atoms with Crippen molar-refractivity contribution >= 4 is 33.2 Å². The molecule has 0 saturated carbocycles. The van der Waals surface area contributed by atoms with Crippen molar-refractivity contribution in [1.29, 1.82) is 0 Å². The van der Waals surface area contributed by atoms with Crippen molar-refractivity contribution in [2.75, 3.05) is 5.32 Å². The maximum Gasteiger partial charge on any atom is 0.306 e. The first-order valence-corrected chi connectivity index (χ1v) is 5.45. The molecule has 0 spiro atoms. The highest BCUT2D eigenvalue weighted by Gasteiger charge is 2.24. The van der Waals surface area contributed by atoms with E-state index in [-0.39, 0.29) is 11.6 Å². The molecule has 0 heterocycles. The number of benzene rings is 1. The van der Waals surface area contributed by atoms with Gasteiger partial charge >= 0.3 is 5.69 Å². The number of carbonyl (C=O) groups is 1. The van der Waals surface area contributed by atoms with E-state index in [2.05, 4.69) is 21.2 Å². The maximum atomic E-state index is 13.0. The maximum absolute atomic E-state index is 13.0. The Morgan fingerprint density at radius 3 is 2.59 bits per heavy atom. The number of nitrogens with one attached hydrogen (secondary N) is 1. The molecule has 0 aliphatic carbocycles. The van der Waals surface area contributed by atoms with Gasteiger partial charge in [0.2, 0.25) is 11.7 Å². The topological polar surface area (TPSA) is 72.2 Å². The van der Waals surface area contributed by atoms with E-state index in [1.54, 1.807) is 13.8 Å². The summed E-state index contributed by atoms with van der Waals surface area (Å²) in [6.07, 6.45) is 0. The van der Waals surface area contributed by atoms with Crippen LogP contribution in [0.25, 0.3) is 0 Å². The Bertz CT molecular complexity index is 471.